The molecule has 0 bridgehead atoms. The summed E-state index contributed by atoms with van der Waals surface area (Å²) in [6.07, 6.45) is -2.76. The molecule has 1 aromatic heterocycles. The zero-order valence-electron chi connectivity index (χ0n) is 11.6. The molecule has 0 saturated heterocycles. The van der Waals surface area contributed by atoms with Gasteiger partial charge in [-0.3, -0.25) is 0 Å². The molecular formula is C13H19BrF3N3. The van der Waals surface area contributed by atoms with Gasteiger partial charge in [0.05, 0.1) is 16.6 Å². The monoisotopic (exact) mass is 353 g/mol. The first-order chi connectivity index (χ1) is 9.37. The zero-order chi connectivity index (χ0) is 15.2. The Bertz CT molecular complexity index is 436. The second kappa shape index (κ2) is 7.81. The lowest BCUT2D eigenvalue weighted by Crippen LogP contribution is -2.13. The van der Waals surface area contributed by atoms with Crippen molar-refractivity contribution >= 4 is 21.7 Å². The first-order valence-electron chi connectivity index (χ1n) is 6.73. The van der Waals surface area contributed by atoms with Crippen LogP contribution in [-0.4, -0.2) is 22.7 Å². The average Bonchev–Trinajstić information content (AvgIpc) is 2.37. The number of nitrogens with zero attached hydrogens (tertiary/aromatic N) is 2. The Kier molecular flexibility index (Phi) is 6.71. The molecule has 0 aromatic carbocycles. The molecule has 20 heavy (non-hydrogen) atoms. The largest absolute Gasteiger partial charge is 0.389 e. The topological polar surface area (TPSA) is 37.8 Å². The number of hydrogen-bond acceptors (Lipinski definition) is 3. The standard InChI is InChI=1S/C13H19BrF3N3/c1-3-5-9-11(14)12(18-8-4-2)20-10(19-9)6-7-13(15,16)17/h3-8H2,1-2H3,(H,18,19,20). The molecule has 3 nitrogen and oxygen atoms in total. The molecule has 1 heterocycles. The second-order valence-electron chi connectivity index (χ2n) is 4.54. The quantitative estimate of drug-likeness (QED) is 0.783. The van der Waals surface area contributed by atoms with Crippen molar-refractivity contribution in [1.29, 1.82) is 0 Å². The molecule has 1 rings (SSSR count). The van der Waals surface area contributed by atoms with Gasteiger partial charge in [-0.2, -0.15) is 13.2 Å². The van der Waals surface area contributed by atoms with Crippen molar-refractivity contribution in [3.63, 3.8) is 0 Å². The van der Waals surface area contributed by atoms with Crippen LogP contribution in [0, 0.1) is 0 Å². The van der Waals surface area contributed by atoms with Crippen molar-refractivity contribution in [2.45, 2.75) is 52.1 Å². The van der Waals surface area contributed by atoms with Crippen LogP contribution in [-0.2, 0) is 12.8 Å². The van der Waals surface area contributed by atoms with Crippen molar-refractivity contribution in [3.8, 4) is 0 Å². The van der Waals surface area contributed by atoms with Crippen LogP contribution in [0.4, 0.5) is 19.0 Å². The minimum atomic E-state index is -4.18. The van der Waals surface area contributed by atoms with Gasteiger partial charge in [0.25, 0.3) is 0 Å². The molecule has 0 aliphatic carbocycles. The highest BCUT2D eigenvalue weighted by Gasteiger charge is 2.27. The molecule has 1 aromatic rings. The number of rotatable bonds is 7. The van der Waals surface area contributed by atoms with Crippen LogP contribution in [0.1, 0.15) is 44.6 Å². The molecule has 0 spiro atoms. The molecular weight excluding hydrogens is 335 g/mol. The predicted molar refractivity (Wildman–Crippen MR) is 76.9 cm³/mol. The Hall–Kier alpha value is -0.850. The van der Waals surface area contributed by atoms with E-state index in [9.17, 15) is 13.2 Å². The Morgan fingerprint density at radius 1 is 1.10 bits per heavy atom. The highest BCUT2D eigenvalue weighted by molar-refractivity contribution is 9.10. The Labute approximate surface area is 125 Å². The van der Waals surface area contributed by atoms with E-state index in [4.69, 9.17) is 0 Å². The van der Waals surface area contributed by atoms with Gasteiger partial charge < -0.3 is 5.32 Å². The molecule has 0 aliphatic rings. The van der Waals surface area contributed by atoms with Gasteiger partial charge >= 0.3 is 6.18 Å². The smallest absolute Gasteiger partial charge is 0.369 e. The average molecular weight is 354 g/mol. The summed E-state index contributed by atoms with van der Waals surface area (Å²) in [5, 5.41) is 3.12. The zero-order valence-corrected chi connectivity index (χ0v) is 13.2. The molecule has 0 radical (unpaired) electrons. The van der Waals surface area contributed by atoms with E-state index in [1.165, 1.54) is 0 Å². The summed E-state index contributed by atoms with van der Waals surface area (Å²) in [4.78, 5) is 8.42. The third-order valence-electron chi connectivity index (χ3n) is 2.63. The lowest BCUT2D eigenvalue weighted by molar-refractivity contribution is -0.134. The molecule has 0 fully saturated rings. The van der Waals surface area contributed by atoms with Gasteiger partial charge in [-0.1, -0.05) is 20.3 Å². The van der Waals surface area contributed by atoms with Gasteiger partial charge in [-0.15, -0.1) is 0 Å². The van der Waals surface area contributed by atoms with E-state index in [-0.39, 0.29) is 12.2 Å². The van der Waals surface area contributed by atoms with E-state index < -0.39 is 12.6 Å². The summed E-state index contributed by atoms with van der Waals surface area (Å²) >= 11 is 3.43. The fourth-order valence-electron chi connectivity index (χ4n) is 1.67. The van der Waals surface area contributed by atoms with Crippen LogP contribution in [0.5, 0.6) is 0 Å². The first kappa shape index (κ1) is 17.2. The van der Waals surface area contributed by atoms with Crippen LogP contribution >= 0.6 is 15.9 Å². The number of nitrogens with one attached hydrogen (secondary N) is 1. The van der Waals surface area contributed by atoms with Crippen LogP contribution in [0.2, 0.25) is 0 Å². The summed E-state index contributed by atoms with van der Waals surface area (Å²) < 4.78 is 37.6. The fraction of sp³-hybridized carbons (Fsp3) is 0.692. The number of aryl methyl sites for hydroxylation is 2. The van der Waals surface area contributed by atoms with E-state index in [0.29, 0.717) is 12.2 Å². The van der Waals surface area contributed by atoms with E-state index in [2.05, 4.69) is 31.2 Å². The Morgan fingerprint density at radius 2 is 1.80 bits per heavy atom. The van der Waals surface area contributed by atoms with Crippen molar-refractivity contribution in [2.24, 2.45) is 0 Å². The van der Waals surface area contributed by atoms with Crippen LogP contribution in [0.15, 0.2) is 4.47 Å². The summed E-state index contributed by atoms with van der Waals surface area (Å²) in [7, 11) is 0. The van der Waals surface area contributed by atoms with Crippen LogP contribution in [0.25, 0.3) is 0 Å². The highest BCUT2D eigenvalue weighted by Crippen LogP contribution is 2.27. The SMILES string of the molecule is CCCNc1nc(CCC(F)(F)F)nc(CCC)c1Br. The number of hydrogen-bond donors (Lipinski definition) is 1. The van der Waals surface area contributed by atoms with Gasteiger partial charge in [0, 0.05) is 13.0 Å². The second-order valence-corrected chi connectivity index (χ2v) is 5.33. The Morgan fingerprint density at radius 3 is 2.35 bits per heavy atom. The minimum absolute atomic E-state index is 0.186. The maximum Gasteiger partial charge on any atom is 0.389 e. The van der Waals surface area contributed by atoms with Crippen molar-refractivity contribution in [2.75, 3.05) is 11.9 Å². The van der Waals surface area contributed by atoms with E-state index in [0.717, 1.165) is 29.6 Å². The number of anilines is 1. The lowest BCUT2D eigenvalue weighted by Gasteiger charge is -2.13. The van der Waals surface area contributed by atoms with E-state index >= 15 is 0 Å². The van der Waals surface area contributed by atoms with Crippen molar-refractivity contribution in [3.05, 3.63) is 16.0 Å². The summed E-state index contributed by atoms with van der Waals surface area (Å²) in [5.74, 6) is 0.829. The Balaban J connectivity index is 2.95. The van der Waals surface area contributed by atoms with Crippen LogP contribution < -0.4 is 5.32 Å². The molecule has 114 valence electrons. The van der Waals surface area contributed by atoms with Gasteiger partial charge in [0.2, 0.25) is 0 Å². The minimum Gasteiger partial charge on any atom is -0.369 e. The maximum absolute atomic E-state index is 12.3. The maximum atomic E-state index is 12.3. The number of aromatic nitrogens is 2. The molecule has 0 unspecified atom stereocenters. The third-order valence-corrected chi connectivity index (χ3v) is 3.46. The first-order valence-corrected chi connectivity index (χ1v) is 7.52. The van der Waals surface area contributed by atoms with Crippen LogP contribution in [0.3, 0.4) is 0 Å². The molecule has 7 heteroatoms. The van der Waals surface area contributed by atoms with Gasteiger partial charge in [-0.05, 0) is 28.8 Å². The molecule has 1 N–H and O–H groups in total. The molecule has 0 atom stereocenters. The van der Waals surface area contributed by atoms with Crippen molar-refractivity contribution in [1.82, 2.24) is 9.97 Å². The summed E-state index contributed by atoms with van der Waals surface area (Å²) in [6.45, 7) is 4.74. The normalized spacial score (nSPS) is 11.7. The number of halogens is 4. The third kappa shape index (κ3) is 5.64. The van der Waals surface area contributed by atoms with E-state index in [1.54, 1.807) is 0 Å². The highest BCUT2D eigenvalue weighted by atomic mass is 79.9. The molecule has 0 saturated carbocycles. The van der Waals surface area contributed by atoms with Gasteiger partial charge in [0.1, 0.15) is 11.6 Å². The predicted octanol–water partition coefficient (Wildman–Crippen LogP) is 4.51. The lowest BCUT2D eigenvalue weighted by atomic mass is 10.2. The summed E-state index contributed by atoms with van der Waals surface area (Å²) in [6, 6.07) is 0. The number of alkyl halides is 3. The summed E-state index contributed by atoms with van der Waals surface area (Å²) in [5.41, 5.74) is 0.762. The van der Waals surface area contributed by atoms with Gasteiger partial charge in [-0.25, -0.2) is 9.97 Å². The van der Waals surface area contributed by atoms with E-state index in [1.807, 2.05) is 13.8 Å². The molecule has 0 amide bonds. The van der Waals surface area contributed by atoms with Gasteiger partial charge in [0.15, 0.2) is 0 Å². The van der Waals surface area contributed by atoms with Crippen molar-refractivity contribution < 1.29 is 13.2 Å². The molecule has 0 aliphatic heterocycles. The fourth-order valence-corrected chi connectivity index (χ4v) is 2.19.